The lowest BCUT2D eigenvalue weighted by atomic mass is 10.0. The highest BCUT2D eigenvalue weighted by molar-refractivity contribution is 6.04. The first-order valence-electron chi connectivity index (χ1n) is 14.3. The Morgan fingerprint density at radius 2 is 1.62 bits per heavy atom. The van der Waals surface area contributed by atoms with E-state index in [0.29, 0.717) is 11.1 Å². The summed E-state index contributed by atoms with van der Waals surface area (Å²) in [6.07, 6.45) is -0.485. The number of esters is 2. The maximum atomic E-state index is 13.4. The van der Waals surface area contributed by atoms with Crippen LogP contribution in [0.1, 0.15) is 63.0 Å². The molecule has 1 heterocycles. The van der Waals surface area contributed by atoms with Crippen LogP contribution in [0.3, 0.4) is 0 Å². The molecule has 0 bridgehead atoms. The molecule has 14 nitrogen and oxygen atoms in total. The number of rotatable bonds is 13. The summed E-state index contributed by atoms with van der Waals surface area (Å²) in [4.78, 5) is 64.7. The number of hydrogen-bond acceptors (Lipinski definition) is 11. The maximum Gasteiger partial charge on any atom is 0.341 e. The number of likely N-dealkylation sites (N-methyl/N-ethyl adjacent to an activating group) is 1. The highest BCUT2D eigenvalue weighted by Crippen LogP contribution is 2.19. The number of carbonyl (C=O) groups is 5. The molecule has 2 amide bonds. The van der Waals surface area contributed by atoms with E-state index in [1.165, 1.54) is 19.2 Å². The lowest BCUT2D eigenvalue weighted by Crippen LogP contribution is -2.48. The molecule has 240 valence electrons. The van der Waals surface area contributed by atoms with Crippen LogP contribution in [0.25, 0.3) is 11.4 Å². The van der Waals surface area contributed by atoms with Crippen molar-refractivity contribution in [1.29, 1.82) is 0 Å². The number of aromatic nitrogens is 4. The van der Waals surface area contributed by atoms with Crippen molar-refractivity contribution in [2.75, 3.05) is 7.05 Å². The number of amides is 2. The predicted octanol–water partition coefficient (Wildman–Crippen LogP) is 1.75. The lowest BCUT2D eigenvalue weighted by Gasteiger charge is -2.21. The molecular weight excluding hydrogens is 582 g/mol. The molecule has 0 spiro atoms. The minimum Gasteiger partial charge on any atom is -0.460 e. The fraction of sp³-hybridized carbons (Fsp3) is 0.419. The topological polar surface area (TPSA) is 197 Å². The number of Topliss-reactive ketones (excluding diaryl/α,β-unsaturated/α-hetero) is 1. The zero-order valence-electron chi connectivity index (χ0n) is 26.1. The minimum atomic E-state index is -1.74. The van der Waals surface area contributed by atoms with E-state index >= 15 is 0 Å². The SMILES string of the molecule is CNC(=O)C(NC(=O)c1ccc(-c2nnn(C(C(=O)OCc3ccccc3)C(=O)C(N)CC(=O)OC(C)(C)C)n2)cc1)C(C)C. The van der Waals surface area contributed by atoms with Gasteiger partial charge in [-0.3, -0.25) is 19.2 Å². The quantitative estimate of drug-likeness (QED) is 0.186. The summed E-state index contributed by atoms with van der Waals surface area (Å²) in [5.74, 6) is -3.44. The molecule has 4 N–H and O–H groups in total. The second-order valence-electron chi connectivity index (χ2n) is 11.6. The molecule has 2 aromatic carbocycles. The summed E-state index contributed by atoms with van der Waals surface area (Å²) in [5.41, 5.74) is 6.64. The first-order valence-corrected chi connectivity index (χ1v) is 14.3. The van der Waals surface area contributed by atoms with Crippen LogP contribution < -0.4 is 16.4 Å². The smallest absolute Gasteiger partial charge is 0.341 e. The van der Waals surface area contributed by atoms with Gasteiger partial charge in [-0.2, -0.15) is 0 Å². The second-order valence-corrected chi connectivity index (χ2v) is 11.6. The highest BCUT2D eigenvalue weighted by atomic mass is 16.6. The Balaban J connectivity index is 1.83. The number of ether oxygens (including phenoxy) is 2. The Morgan fingerprint density at radius 1 is 0.978 bits per heavy atom. The normalized spacial score (nSPS) is 13.3. The molecular formula is C31H39N7O7. The largest absolute Gasteiger partial charge is 0.460 e. The van der Waals surface area contributed by atoms with Crippen molar-refractivity contribution in [3.8, 4) is 11.4 Å². The van der Waals surface area contributed by atoms with Gasteiger partial charge in [0.1, 0.15) is 18.2 Å². The number of carbonyl (C=O) groups excluding carboxylic acids is 5. The van der Waals surface area contributed by atoms with Gasteiger partial charge in [-0.25, -0.2) is 4.79 Å². The molecule has 3 unspecified atom stereocenters. The monoisotopic (exact) mass is 621 g/mol. The van der Waals surface area contributed by atoms with E-state index in [9.17, 15) is 24.0 Å². The average molecular weight is 622 g/mol. The van der Waals surface area contributed by atoms with Gasteiger partial charge in [-0.1, -0.05) is 56.3 Å². The maximum absolute atomic E-state index is 13.4. The van der Waals surface area contributed by atoms with E-state index in [-0.39, 0.29) is 29.8 Å². The molecule has 3 aromatic rings. The zero-order valence-corrected chi connectivity index (χ0v) is 26.1. The Labute approximate surface area is 261 Å². The predicted molar refractivity (Wildman–Crippen MR) is 162 cm³/mol. The summed E-state index contributed by atoms with van der Waals surface area (Å²) in [6.45, 7) is 8.53. The lowest BCUT2D eigenvalue weighted by molar-refractivity contribution is -0.158. The van der Waals surface area contributed by atoms with Crippen LogP contribution in [0.4, 0.5) is 0 Å². The van der Waals surface area contributed by atoms with Crippen molar-refractivity contribution in [3.63, 3.8) is 0 Å². The average Bonchev–Trinajstić information content (AvgIpc) is 3.47. The molecule has 0 fully saturated rings. The van der Waals surface area contributed by atoms with Crippen LogP contribution in [0.2, 0.25) is 0 Å². The molecule has 0 aliphatic heterocycles. The number of benzene rings is 2. The fourth-order valence-electron chi connectivity index (χ4n) is 4.13. The molecule has 14 heteroatoms. The Kier molecular flexibility index (Phi) is 11.6. The Hall–Kier alpha value is -4.98. The Morgan fingerprint density at radius 3 is 2.20 bits per heavy atom. The van der Waals surface area contributed by atoms with Crippen molar-refractivity contribution < 1.29 is 33.4 Å². The molecule has 3 atom stereocenters. The van der Waals surface area contributed by atoms with Crippen molar-refractivity contribution in [3.05, 3.63) is 65.7 Å². The third-order valence-corrected chi connectivity index (χ3v) is 6.44. The number of hydrogen-bond donors (Lipinski definition) is 3. The van der Waals surface area contributed by atoms with E-state index in [2.05, 4.69) is 26.0 Å². The van der Waals surface area contributed by atoms with Crippen molar-refractivity contribution >= 4 is 29.5 Å². The van der Waals surface area contributed by atoms with Gasteiger partial charge < -0.3 is 25.8 Å². The van der Waals surface area contributed by atoms with Gasteiger partial charge in [0.05, 0.1) is 12.5 Å². The fourth-order valence-corrected chi connectivity index (χ4v) is 4.13. The van der Waals surface area contributed by atoms with Crippen molar-refractivity contribution in [1.82, 2.24) is 30.8 Å². The Bertz CT molecular complexity index is 1500. The number of nitrogens with two attached hydrogens (primary N) is 1. The molecule has 3 rings (SSSR count). The molecule has 1 aromatic heterocycles. The van der Waals surface area contributed by atoms with Gasteiger partial charge in [0, 0.05) is 18.2 Å². The van der Waals surface area contributed by atoms with Crippen LogP contribution in [0.5, 0.6) is 0 Å². The summed E-state index contributed by atoms with van der Waals surface area (Å²) in [6, 6.07) is 11.1. The van der Waals surface area contributed by atoms with Crippen LogP contribution in [-0.4, -0.2) is 74.5 Å². The molecule has 0 saturated heterocycles. The standard InChI is InChI=1S/C31H39N7O7/c1-18(2)24(29(42)33-6)34-28(41)21-14-12-20(13-15-21)27-35-37-38(36-27)25(30(43)44-17-19-10-8-7-9-11-19)26(40)22(32)16-23(39)45-31(3,4)5/h7-15,18,22,24-25H,16-17,32H2,1-6H3,(H,33,42)(H,34,41). The number of nitrogens with zero attached hydrogens (tertiary/aromatic N) is 4. The van der Waals surface area contributed by atoms with E-state index in [1.807, 2.05) is 13.8 Å². The van der Waals surface area contributed by atoms with Gasteiger partial charge in [0.25, 0.3) is 5.91 Å². The third-order valence-electron chi connectivity index (χ3n) is 6.44. The van der Waals surface area contributed by atoms with E-state index < -0.39 is 53.8 Å². The first-order chi connectivity index (χ1) is 21.2. The van der Waals surface area contributed by atoms with Crippen LogP contribution in [0.15, 0.2) is 54.6 Å². The van der Waals surface area contributed by atoms with Gasteiger partial charge in [0.15, 0.2) is 5.78 Å². The highest BCUT2D eigenvalue weighted by Gasteiger charge is 2.37. The summed E-state index contributed by atoms with van der Waals surface area (Å²) < 4.78 is 10.7. The van der Waals surface area contributed by atoms with Crippen LogP contribution in [0, 0.1) is 5.92 Å². The van der Waals surface area contributed by atoms with E-state index in [0.717, 1.165) is 4.80 Å². The molecule has 0 aliphatic rings. The van der Waals surface area contributed by atoms with Gasteiger partial charge in [0.2, 0.25) is 17.8 Å². The number of tetrazole rings is 1. The molecule has 45 heavy (non-hydrogen) atoms. The van der Waals surface area contributed by atoms with Gasteiger partial charge >= 0.3 is 11.9 Å². The molecule has 0 saturated carbocycles. The van der Waals surface area contributed by atoms with Gasteiger partial charge in [-0.05, 0) is 49.6 Å². The summed E-state index contributed by atoms with van der Waals surface area (Å²) in [5, 5.41) is 17.4. The number of nitrogens with one attached hydrogen (secondary N) is 2. The second kappa shape index (κ2) is 15.1. The molecule has 0 aliphatic carbocycles. The third kappa shape index (κ3) is 9.76. The van der Waals surface area contributed by atoms with E-state index in [4.69, 9.17) is 15.2 Å². The van der Waals surface area contributed by atoms with Crippen LogP contribution >= 0.6 is 0 Å². The zero-order chi connectivity index (χ0) is 33.3. The van der Waals surface area contributed by atoms with Crippen molar-refractivity contribution in [2.24, 2.45) is 11.7 Å². The summed E-state index contributed by atoms with van der Waals surface area (Å²) in [7, 11) is 1.49. The summed E-state index contributed by atoms with van der Waals surface area (Å²) >= 11 is 0. The van der Waals surface area contributed by atoms with E-state index in [1.54, 1.807) is 63.2 Å². The number of ketones is 1. The minimum absolute atomic E-state index is 0.0433. The van der Waals surface area contributed by atoms with Gasteiger partial charge in [-0.15, -0.1) is 15.0 Å². The first kappa shape index (κ1) is 34.5. The van der Waals surface area contributed by atoms with Crippen molar-refractivity contribution in [2.45, 2.75) is 71.4 Å². The van der Waals surface area contributed by atoms with Crippen LogP contribution in [-0.2, 0) is 35.3 Å². The molecule has 0 radical (unpaired) electrons.